The Balaban J connectivity index is 2.75. The van der Waals surface area contributed by atoms with Gasteiger partial charge in [-0.2, -0.15) is 5.10 Å². The lowest BCUT2D eigenvalue weighted by atomic mass is 10.1. The van der Waals surface area contributed by atoms with E-state index >= 15 is 0 Å². The van der Waals surface area contributed by atoms with Crippen molar-refractivity contribution in [2.75, 3.05) is 13.1 Å². The van der Waals surface area contributed by atoms with Gasteiger partial charge < -0.3 is 5.32 Å². The summed E-state index contributed by atoms with van der Waals surface area (Å²) in [5.41, 5.74) is 3.62. The maximum Gasteiger partial charge on any atom is 0.102 e. The third-order valence-corrected chi connectivity index (χ3v) is 2.57. The Hall–Kier alpha value is -1.27. The van der Waals surface area contributed by atoms with E-state index < -0.39 is 0 Å². The van der Waals surface area contributed by atoms with Gasteiger partial charge in [0.1, 0.15) is 6.54 Å². The van der Waals surface area contributed by atoms with Gasteiger partial charge in [-0.1, -0.05) is 12.8 Å². The summed E-state index contributed by atoms with van der Waals surface area (Å²) in [7, 11) is 0. The normalized spacial score (nSPS) is 10.3. The average Bonchev–Trinajstić information content (AvgIpc) is 2.46. The second-order valence-electron chi connectivity index (χ2n) is 3.61. The molecule has 0 aliphatic rings. The lowest BCUT2D eigenvalue weighted by molar-refractivity contribution is 0.680. The Morgan fingerprint density at radius 3 is 2.80 bits per heavy atom. The fraction of sp³-hybridized carbons (Fsp3) is 0.583. The first kappa shape index (κ1) is 11.8. The second-order valence-corrected chi connectivity index (χ2v) is 3.61. The summed E-state index contributed by atoms with van der Waals surface area (Å²) in [6.07, 6.45) is 6.31. The number of aryl methyl sites for hydroxylation is 1. The van der Waals surface area contributed by atoms with Gasteiger partial charge in [-0.05, 0) is 38.9 Å². The minimum absolute atomic E-state index is 0.563. The van der Waals surface area contributed by atoms with E-state index in [1.807, 2.05) is 11.6 Å². The molecular weight excluding hydrogens is 186 g/mol. The quantitative estimate of drug-likeness (QED) is 0.580. The van der Waals surface area contributed by atoms with E-state index in [0.717, 1.165) is 25.2 Å². The van der Waals surface area contributed by atoms with Crippen LogP contribution in [0.1, 0.15) is 23.9 Å². The highest BCUT2D eigenvalue weighted by Gasteiger charge is 2.09. The molecule has 1 heterocycles. The van der Waals surface area contributed by atoms with E-state index in [9.17, 15) is 0 Å². The van der Waals surface area contributed by atoms with Crippen LogP contribution in [0.5, 0.6) is 0 Å². The van der Waals surface area contributed by atoms with Crippen molar-refractivity contribution in [1.82, 2.24) is 15.1 Å². The lowest BCUT2D eigenvalue weighted by Crippen LogP contribution is -2.16. The van der Waals surface area contributed by atoms with Gasteiger partial charge in [0.15, 0.2) is 0 Å². The monoisotopic (exact) mass is 205 g/mol. The van der Waals surface area contributed by atoms with Crippen molar-refractivity contribution in [1.29, 1.82) is 0 Å². The van der Waals surface area contributed by atoms with Crippen molar-refractivity contribution >= 4 is 0 Å². The Labute approximate surface area is 91.9 Å². The fourth-order valence-electron chi connectivity index (χ4n) is 1.73. The van der Waals surface area contributed by atoms with Crippen LogP contribution >= 0.6 is 0 Å². The molecule has 1 rings (SSSR count). The number of hydrogen-bond donors (Lipinski definition) is 1. The molecule has 82 valence electrons. The van der Waals surface area contributed by atoms with E-state index in [1.54, 1.807) is 0 Å². The SMILES string of the molecule is C#CCn1nc(C)c(CCNCC)c1C. The van der Waals surface area contributed by atoms with Crippen LogP contribution in [0.3, 0.4) is 0 Å². The van der Waals surface area contributed by atoms with Crippen LogP contribution < -0.4 is 5.32 Å². The molecule has 0 aliphatic heterocycles. The van der Waals surface area contributed by atoms with Gasteiger partial charge in [0, 0.05) is 5.69 Å². The Bertz CT molecular complexity index is 358. The highest BCUT2D eigenvalue weighted by Crippen LogP contribution is 2.12. The van der Waals surface area contributed by atoms with Crippen LogP contribution in [0.15, 0.2) is 0 Å². The molecule has 3 heteroatoms. The molecule has 0 fully saturated rings. The van der Waals surface area contributed by atoms with Crippen LogP contribution in [0, 0.1) is 26.2 Å². The smallest absolute Gasteiger partial charge is 0.102 e. The van der Waals surface area contributed by atoms with E-state index in [2.05, 4.69) is 30.2 Å². The molecule has 0 atom stereocenters. The zero-order valence-corrected chi connectivity index (χ0v) is 9.80. The molecule has 0 saturated heterocycles. The first-order valence-corrected chi connectivity index (χ1v) is 5.37. The molecule has 1 N–H and O–H groups in total. The lowest BCUT2D eigenvalue weighted by Gasteiger charge is -2.03. The Kier molecular flexibility index (Phi) is 4.38. The molecule has 0 spiro atoms. The van der Waals surface area contributed by atoms with Crippen molar-refractivity contribution in [3.05, 3.63) is 17.0 Å². The highest BCUT2D eigenvalue weighted by molar-refractivity contribution is 5.25. The molecule has 3 nitrogen and oxygen atoms in total. The standard InChI is InChI=1S/C12H19N3/c1-5-9-15-11(4)12(10(3)14-15)7-8-13-6-2/h1,13H,6-9H2,2-4H3. The summed E-state index contributed by atoms with van der Waals surface area (Å²) in [6, 6.07) is 0. The summed E-state index contributed by atoms with van der Waals surface area (Å²) in [4.78, 5) is 0. The molecular formula is C12H19N3. The van der Waals surface area contributed by atoms with Crippen molar-refractivity contribution in [2.24, 2.45) is 0 Å². The first-order chi connectivity index (χ1) is 7.20. The van der Waals surface area contributed by atoms with Gasteiger partial charge in [0.05, 0.1) is 5.69 Å². The summed E-state index contributed by atoms with van der Waals surface area (Å²) in [6.45, 7) is 8.81. The summed E-state index contributed by atoms with van der Waals surface area (Å²) >= 11 is 0. The van der Waals surface area contributed by atoms with Gasteiger partial charge in [0.25, 0.3) is 0 Å². The van der Waals surface area contributed by atoms with Gasteiger partial charge in [0.2, 0.25) is 0 Å². The third kappa shape index (κ3) is 2.84. The predicted molar refractivity (Wildman–Crippen MR) is 62.8 cm³/mol. The number of nitrogens with one attached hydrogen (secondary N) is 1. The van der Waals surface area contributed by atoms with Crippen LogP contribution in [-0.2, 0) is 13.0 Å². The van der Waals surface area contributed by atoms with Gasteiger partial charge >= 0.3 is 0 Å². The molecule has 0 bridgehead atoms. The summed E-state index contributed by atoms with van der Waals surface area (Å²) in [5.74, 6) is 2.62. The fourth-order valence-corrected chi connectivity index (χ4v) is 1.73. The summed E-state index contributed by atoms with van der Waals surface area (Å²) in [5, 5.41) is 7.74. The van der Waals surface area contributed by atoms with E-state index in [1.165, 1.54) is 11.3 Å². The average molecular weight is 205 g/mol. The van der Waals surface area contributed by atoms with Gasteiger partial charge in [-0.15, -0.1) is 6.42 Å². The van der Waals surface area contributed by atoms with E-state index in [0.29, 0.717) is 6.54 Å². The van der Waals surface area contributed by atoms with Crippen molar-refractivity contribution in [3.63, 3.8) is 0 Å². The van der Waals surface area contributed by atoms with Crippen LogP contribution in [0.2, 0.25) is 0 Å². The Morgan fingerprint density at radius 1 is 1.47 bits per heavy atom. The van der Waals surface area contributed by atoms with Crippen molar-refractivity contribution in [2.45, 2.75) is 33.7 Å². The second kappa shape index (κ2) is 5.57. The van der Waals surface area contributed by atoms with Crippen LogP contribution in [0.25, 0.3) is 0 Å². The van der Waals surface area contributed by atoms with E-state index in [-0.39, 0.29) is 0 Å². The minimum Gasteiger partial charge on any atom is -0.317 e. The molecule has 0 radical (unpaired) electrons. The maximum absolute atomic E-state index is 5.29. The zero-order chi connectivity index (χ0) is 11.3. The first-order valence-electron chi connectivity index (χ1n) is 5.37. The van der Waals surface area contributed by atoms with Crippen LogP contribution in [-0.4, -0.2) is 22.9 Å². The van der Waals surface area contributed by atoms with Crippen LogP contribution in [0.4, 0.5) is 0 Å². The predicted octanol–water partition coefficient (Wildman–Crippen LogP) is 1.29. The molecule has 1 aromatic rings. The number of likely N-dealkylation sites (N-methyl/N-ethyl adjacent to an activating group) is 1. The van der Waals surface area contributed by atoms with Gasteiger partial charge in [-0.25, -0.2) is 0 Å². The van der Waals surface area contributed by atoms with Crippen molar-refractivity contribution in [3.8, 4) is 12.3 Å². The number of terminal acetylenes is 1. The number of nitrogens with zero attached hydrogens (tertiary/aromatic N) is 2. The molecule has 0 saturated carbocycles. The third-order valence-electron chi connectivity index (χ3n) is 2.57. The minimum atomic E-state index is 0.563. The molecule has 0 amide bonds. The van der Waals surface area contributed by atoms with Gasteiger partial charge in [-0.3, -0.25) is 4.68 Å². The number of hydrogen-bond acceptors (Lipinski definition) is 2. The molecule has 0 unspecified atom stereocenters. The zero-order valence-electron chi connectivity index (χ0n) is 9.80. The summed E-state index contributed by atoms with van der Waals surface area (Å²) < 4.78 is 1.90. The molecule has 1 aromatic heterocycles. The number of aromatic nitrogens is 2. The maximum atomic E-state index is 5.29. The topological polar surface area (TPSA) is 29.9 Å². The number of rotatable bonds is 5. The Morgan fingerprint density at radius 2 is 2.20 bits per heavy atom. The largest absolute Gasteiger partial charge is 0.317 e. The van der Waals surface area contributed by atoms with Crippen molar-refractivity contribution < 1.29 is 0 Å². The molecule has 15 heavy (non-hydrogen) atoms. The van der Waals surface area contributed by atoms with E-state index in [4.69, 9.17) is 6.42 Å². The highest BCUT2D eigenvalue weighted by atomic mass is 15.3. The molecule has 0 aliphatic carbocycles. The molecule has 0 aromatic carbocycles.